The fourth-order valence-corrected chi connectivity index (χ4v) is 2.81. The van der Waals surface area contributed by atoms with Crippen LogP contribution in [0.5, 0.6) is 0 Å². The Kier molecular flexibility index (Phi) is 12.1. The quantitative estimate of drug-likeness (QED) is 0.325. The Bertz CT molecular complexity index is 416. The molecule has 0 heterocycles. The van der Waals surface area contributed by atoms with Crippen LogP contribution in [-0.4, -0.2) is 19.2 Å². The van der Waals surface area contributed by atoms with Gasteiger partial charge in [0.15, 0.2) is 6.10 Å². The molecule has 1 aromatic rings. The lowest BCUT2D eigenvalue weighted by Crippen LogP contribution is -2.25. The summed E-state index contributed by atoms with van der Waals surface area (Å²) in [5.74, 6) is -0.259. The maximum atomic E-state index is 11.9. The topological polar surface area (TPSA) is 35.5 Å². The molecule has 0 aliphatic carbocycles. The molecule has 136 valence electrons. The molecule has 0 N–H and O–H groups in total. The predicted octanol–water partition coefficient (Wildman–Crippen LogP) is 5.67. The molecule has 1 aromatic carbocycles. The van der Waals surface area contributed by atoms with Crippen molar-refractivity contribution in [2.75, 3.05) is 7.11 Å². The van der Waals surface area contributed by atoms with Gasteiger partial charge in [0.1, 0.15) is 0 Å². The van der Waals surface area contributed by atoms with Crippen LogP contribution in [0.2, 0.25) is 0 Å². The Morgan fingerprint density at radius 2 is 1.50 bits per heavy atom. The van der Waals surface area contributed by atoms with Gasteiger partial charge in [-0.1, -0.05) is 95.0 Å². The molecule has 1 atom stereocenters. The van der Waals surface area contributed by atoms with Gasteiger partial charge >= 0.3 is 5.97 Å². The molecule has 24 heavy (non-hydrogen) atoms. The number of methoxy groups -OCH3 is 1. The minimum absolute atomic E-state index is 0.259. The maximum absolute atomic E-state index is 11.9. The average molecular weight is 335 g/mol. The monoisotopic (exact) mass is 334 g/mol. The molecule has 0 spiro atoms. The van der Waals surface area contributed by atoms with Crippen LogP contribution >= 0.6 is 0 Å². The number of unbranched alkanes of at least 4 members (excludes halogenated alkanes) is 8. The van der Waals surface area contributed by atoms with Crippen LogP contribution in [0.15, 0.2) is 30.3 Å². The second-order valence-electron chi connectivity index (χ2n) is 6.43. The van der Waals surface area contributed by atoms with Gasteiger partial charge < -0.3 is 9.47 Å². The van der Waals surface area contributed by atoms with E-state index in [1.807, 2.05) is 30.3 Å². The van der Waals surface area contributed by atoms with Crippen molar-refractivity contribution in [1.82, 2.24) is 0 Å². The standard InChI is InChI=1S/C21H34O3/c1-3-4-5-6-7-8-9-10-14-17-20(21(22)23-2)24-18-19-15-12-11-13-16-19/h11-13,15-16,20H,3-10,14,17-18H2,1-2H3/t20-/m1/s1. The third-order valence-corrected chi connectivity index (χ3v) is 4.33. The van der Waals surface area contributed by atoms with Crippen LogP contribution < -0.4 is 0 Å². The number of carbonyl (C=O) groups excluding carboxylic acids is 1. The van der Waals surface area contributed by atoms with Crippen LogP contribution in [0.4, 0.5) is 0 Å². The van der Waals surface area contributed by atoms with Crippen molar-refractivity contribution in [3.63, 3.8) is 0 Å². The van der Waals surface area contributed by atoms with Crippen molar-refractivity contribution < 1.29 is 14.3 Å². The highest BCUT2D eigenvalue weighted by Crippen LogP contribution is 2.14. The summed E-state index contributed by atoms with van der Waals surface area (Å²) in [6, 6.07) is 9.95. The third kappa shape index (κ3) is 9.71. The van der Waals surface area contributed by atoms with Gasteiger partial charge in [0.05, 0.1) is 13.7 Å². The molecule has 3 nitrogen and oxygen atoms in total. The molecule has 0 aliphatic rings. The second-order valence-corrected chi connectivity index (χ2v) is 6.43. The van der Waals surface area contributed by atoms with Gasteiger partial charge in [-0.25, -0.2) is 4.79 Å². The normalized spacial score (nSPS) is 12.1. The molecule has 0 bridgehead atoms. The molecule has 1 rings (SSSR count). The van der Waals surface area contributed by atoms with Gasteiger partial charge in [0.25, 0.3) is 0 Å². The lowest BCUT2D eigenvalue weighted by molar-refractivity contribution is -0.155. The number of rotatable bonds is 14. The van der Waals surface area contributed by atoms with Gasteiger partial charge in [-0.3, -0.25) is 0 Å². The first-order valence-corrected chi connectivity index (χ1v) is 9.51. The van der Waals surface area contributed by atoms with Crippen molar-refractivity contribution in [2.24, 2.45) is 0 Å². The van der Waals surface area contributed by atoms with Crippen LogP contribution in [0.3, 0.4) is 0 Å². The number of hydrogen-bond acceptors (Lipinski definition) is 3. The Hall–Kier alpha value is -1.35. The van der Waals surface area contributed by atoms with Crippen LogP contribution in [0.25, 0.3) is 0 Å². The predicted molar refractivity (Wildman–Crippen MR) is 98.9 cm³/mol. The van der Waals surface area contributed by atoms with Gasteiger partial charge in [0.2, 0.25) is 0 Å². The van der Waals surface area contributed by atoms with Gasteiger partial charge in [0, 0.05) is 0 Å². The van der Waals surface area contributed by atoms with Crippen molar-refractivity contribution in [3.8, 4) is 0 Å². The molecule has 0 amide bonds. The van der Waals surface area contributed by atoms with Crippen molar-refractivity contribution in [1.29, 1.82) is 0 Å². The molecule has 0 saturated carbocycles. The Labute approximate surface area is 147 Å². The molecular formula is C21H34O3. The van der Waals surface area contributed by atoms with Crippen LogP contribution in [0, 0.1) is 0 Å². The highest BCUT2D eigenvalue weighted by atomic mass is 16.6. The Morgan fingerprint density at radius 3 is 2.08 bits per heavy atom. The summed E-state index contributed by atoms with van der Waals surface area (Å²) in [5.41, 5.74) is 1.08. The Balaban J connectivity index is 2.15. The van der Waals surface area contributed by atoms with E-state index in [1.165, 1.54) is 52.1 Å². The number of ether oxygens (including phenoxy) is 2. The van der Waals surface area contributed by atoms with Gasteiger partial charge in [-0.2, -0.15) is 0 Å². The van der Waals surface area contributed by atoms with E-state index >= 15 is 0 Å². The lowest BCUT2D eigenvalue weighted by Gasteiger charge is -2.15. The fraction of sp³-hybridized carbons (Fsp3) is 0.667. The highest BCUT2D eigenvalue weighted by molar-refractivity contribution is 5.74. The van der Waals surface area contributed by atoms with Crippen molar-refractivity contribution in [3.05, 3.63) is 35.9 Å². The zero-order chi connectivity index (χ0) is 17.5. The summed E-state index contributed by atoms with van der Waals surface area (Å²) in [6.07, 6.45) is 11.8. The third-order valence-electron chi connectivity index (χ3n) is 4.33. The Morgan fingerprint density at radius 1 is 0.917 bits per heavy atom. The summed E-state index contributed by atoms with van der Waals surface area (Å²) in [6.45, 7) is 2.70. The van der Waals surface area contributed by atoms with Crippen molar-refractivity contribution in [2.45, 2.75) is 83.8 Å². The number of esters is 1. The largest absolute Gasteiger partial charge is 0.467 e. The van der Waals surface area contributed by atoms with E-state index < -0.39 is 6.10 Å². The minimum Gasteiger partial charge on any atom is -0.467 e. The smallest absolute Gasteiger partial charge is 0.334 e. The second kappa shape index (κ2) is 14.0. The van der Waals surface area contributed by atoms with Crippen molar-refractivity contribution >= 4 is 5.97 Å². The molecule has 3 heteroatoms. The summed E-state index contributed by atoms with van der Waals surface area (Å²) >= 11 is 0. The molecule has 0 aromatic heterocycles. The maximum Gasteiger partial charge on any atom is 0.334 e. The molecule has 0 saturated heterocycles. The van der Waals surface area contributed by atoms with E-state index in [1.54, 1.807) is 0 Å². The van der Waals surface area contributed by atoms with E-state index in [2.05, 4.69) is 6.92 Å². The molecule has 0 radical (unpaired) electrons. The van der Waals surface area contributed by atoms with Gasteiger partial charge in [-0.15, -0.1) is 0 Å². The number of carbonyl (C=O) groups is 1. The minimum atomic E-state index is -0.445. The zero-order valence-electron chi connectivity index (χ0n) is 15.5. The summed E-state index contributed by atoms with van der Waals surface area (Å²) in [5, 5.41) is 0. The van der Waals surface area contributed by atoms with Crippen LogP contribution in [0.1, 0.15) is 76.7 Å². The molecular weight excluding hydrogens is 300 g/mol. The molecule has 0 aliphatic heterocycles. The van der Waals surface area contributed by atoms with E-state index in [4.69, 9.17) is 9.47 Å². The summed E-state index contributed by atoms with van der Waals surface area (Å²) < 4.78 is 10.6. The van der Waals surface area contributed by atoms with E-state index in [-0.39, 0.29) is 5.97 Å². The van der Waals surface area contributed by atoms with Crippen LogP contribution in [-0.2, 0) is 20.9 Å². The highest BCUT2D eigenvalue weighted by Gasteiger charge is 2.19. The molecule has 0 fully saturated rings. The fourth-order valence-electron chi connectivity index (χ4n) is 2.81. The SMILES string of the molecule is CCCCCCCCCCC[C@@H](OCc1ccccc1)C(=O)OC. The lowest BCUT2D eigenvalue weighted by atomic mass is 10.0. The summed E-state index contributed by atoms with van der Waals surface area (Å²) in [4.78, 5) is 11.9. The van der Waals surface area contributed by atoms with E-state index in [9.17, 15) is 4.79 Å². The average Bonchev–Trinajstić information content (AvgIpc) is 2.63. The van der Waals surface area contributed by atoms with E-state index in [0.29, 0.717) is 6.61 Å². The zero-order valence-corrected chi connectivity index (χ0v) is 15.5. The first-order chi connectivity index (χ1) is 11.8. The number of hydrogen-bond donors (Lipinski definition) is 0. The summed E-state index contributed by atoms with van der Waals surface area (Å²) in [7, 11) is 1.43. The van der Waals surface area contributed by atoms with E-state index in [0.717, 1.165) is 24.8 Å². The number of benzene rings is 1. The first-order valence-electron chi connectivity index (χ1n) is 9.51. The first kappa shape index (κ1) is 20.7. The molecule has 0 unspecified atom stereocenters. The van der Waals surface area contributed by atoms with Gasteiger partial charge in [-0.05, 0) is 12.0 Å².